The number of carbonyl (C=O) groups excluding carboxylic acids is 4. The van der Waals surface area contributed by atoms with Crippen molar-refractivity contribution in [2.45, 2.75) is 316 Å². The molecule has 0 bridgehead atoms. The van der Waals surface area contributed by atoms with Crippen LogP contribution in [0.4, 0.5) is 0 Å². The first kappa shape index (κ1) is 100. The van der Waals surface area contributed by atoms with Gasteiger partial charge in [0.15, 0.2) is 12.2 Å². The van der Waals surface area contributed by atoms with Crippen LogP contribution in [0.2, 0.25) is 0 Å². The summed E-state index contributed by atoms with van der Waals surface area (Å²) in [5.41, 5.74) is 0. The summed E-state index contributed by atoms with van der Waals surface area (Å²) >= 11 is 0. The fourth-order valence-corrected chi connectivity index (χ4v) is 11.7. The van der Waals surface area contributed by atoms with E-state index in [-0.39, 0.29) is 25.7 Å². The predicted molar refractivity (Wildman–Crippen MR) is 436 cm³/mol. The molecule has 0 saturated carbocycles. The molecule has 0 aromatic heterocycles. The van der Waals surface area contributed by atoms with E-state index in [9.17, 15) is 43.2 Å². The van der Waals surface area contributed by atoms with Gasteiger partial charge in [-0.1, -0.05) is 288 Å². The summed E-state index contributed by atoms with van der Waals surface area (Å²) in [5, 5.41) is 10.6. The Morgan fingerprint density at radius 1 is 0.283 bits per heavy atom. The van der Waals surface area contributed by atoms with E-state index in [0.717, 1.165) is 193 Å². The van der Waals surface area contributed by atoms with E-state index in [2.05, 4.69) is 174 Å². The number of unbranched alkanes of at least 4 members (excludes halogenated alkanes) is 21. The summed E-state index contributed by atoms with van der Waals surface area (Å²) in [4.78, 5) is 73.0. The molecule has 0 aliphatic rings. The first-order valence-electron chi connectivity index (χ1n) is 40.4. The molecule has 0 radical (unpaired) electrons. The van der Waals surface area contributed by atoms with Crippen LogP contribution in [0, 0.1) is 0 Å². The van der Waals surface area contributed by atoms with Crippen molar-refractivity contribution >= 4 is 39.5 Å². The molecule has 0 spiro atoms. The number of phosphoric ester groups is 2. The van der Waals surface area contributed by atoms with Crippen LogP contribution < -0.4 is 0 Å². The van der Waals surface area contributed by atoms with Gasteiger partial charge in [-0.15, -0.1) is 0 Å². The second-order valence-electron chi connectivity index (χ2n) is 26.2. The number of allylic oxidation sites excluding steroid dienone is 27. The third-order valence-electron chi connectivity index (χ3n) is 16.2. The Morgan fingerprint density at radius 3 is 0.849 bits per heavy atom. The van der Waals surface area contributed by atoms with Crippen LogP contribution in [0.3, 0.4) is 0 Å². The predicted octanol–water partition coefficient (Wildman–Crippen LogP) is 23.8. The quantitative estimate of drug-likeness (QED) is 0.0169. The summed E-state index contributed by atoms with van der Waals surface area (Å²) in [6, 6.07) is 0. The highest BCUT2D eigenvalue weighted by atomic mass is 31.2. The number of ether oxygens (including phenoxy) is 4. The minimum atomic E-state index is -5.01. The molecule has 106 heavy (non-hydrogen) atoms. The molecule has 0 aliphatic carbocycles. The fraction of sp³-hybridized carbons (Fsp3) is 0.632. The summed E-state index contributed by atoms with van der Waals surface area (Å²) < 4.78 is 68.5. The second kappa shape index (κ2) is 77.6. The molecule has 17 nitrogen and oxygen atoms in total. The highest BCUT2D eigenvalue weighted by Gasteiger charge is 2.30. The SMILES string of the molecule is CC/C=C\C/C=C\C/C=C\C/C=C\C/C=C\CC(=O)OCC(COP(=O)(O)OCC(O)COP(=O)(O)OCC(COC(=O)CCCCCCCC/C=C\C/C=C\C/C=C\C/C=C\CC)OC(=O)CCCCCCCC/C=C\C/C=C\C/C=C\C/C=C\CC)OC(=O)CCCCCCC/C=C\CCCCCC. The fourth-order valence-electron chi connectivity index (χ4n) is 10.2. The van der Waals surface area contributed by atoms with Crippen LogP contribution in [0.1, 0.15) is 297 Å². The maximum atomic E-state index is 13.1. The van der Waals surface area contributed by atoms with Crippen molar-refractivity contribution in [3.8, 4) is 0 Å². The van der Waals surface area contributed by atoms with Gasteiger partial charge in [0.1, 0.15) is 19.3 Å². The molecule has 0 aliphatic heterocycles. The topological polar surface area (TPSA) is 237 Å². The van der Waals surface area contributed by atoms with E-state index in [1.807, 2.05) is 18.2 Å². The van der Waals surface area contributed by atoms with Crippen molar-refractivity contribution in [1.29, 1.82) is 0 Å². The zero-order valence-electron chi connectivity index (χ0n) is 65.8. The van der Waals surface area contributed by atoms with Gasteiger partial charge in [-0.3, -0.25) is 37.3 Å². The Labute approximate surface area is 642 Å². The molecular weight excluding hydrogens is 1380 g/mol. The van der Waals surface area contributed by atoms with Crippen molar-refractivity contribution < 1.29 is 80.2 Å². The van der Waals surface area contributed by atoms with Crippen LogP contribution in [0.15, 0.2) is 170 Å². The zero-order valence-corrected chi connectivity index (χ0v) is 67.6. The van der Waals surface area contributed by atoms with E-state index in [1.165, 1.54) is 25.7 Å². The van der Waals surface area contributed by atoms with Gasteiger partial charge in [0.25, 0.3) is 0 Å². The number of aliphatic hydroxyl groups excluding tert-OH is 1. The van der Waals surface area contributed by atoms with Gasteiger partial charge in [-0.2, -0.15) is 0 Å². The number of phosphoric acid groups is 2. The number of esters is 4. The van der Waals surface area contributed by atoms with E-state index >= 15 is 0 Å². The maximum Gasteiger partial charge on any atom is 0.472 e. The number of rotatable bonds is 74. The standard InChI is InChI=1S/C87H142O17P2/c1-5-9-13-17-21-25-29-33-36-38-40-42-45-49-52-56-60-64-68-72-85(90)98-78-83(104-87(92)74-70-66-62-58-54-50-46-43-41-39-37-34-30-26-22-18-14-10-6-2)80-102-106(95,96)100-76-81(88)75-99-105(93,94)101-79-82(103-86(91)73-69-65-61-57-53-47-32-28-24-20-16-12-8-4)77-97-84(89)71-67-63-59-55-51-48-44-35-31-27-23-19-15-11-7-3/h9-11,13-15,21-23,25-28,32-37,40-44,51,55,63,67,81-83,88H,5-8,12,16-20,24,29-31,38-39,45-50,52-54,56-62,64-66,68-80H2,1-4H3,(H,93,94)(H,95,96)/b13-9-,14-10-,15-11-,25-21-,26-22-,27-23-,32-28-,36-33-,37-34-,42-40-,43-41-,44-35-,55-51-,67-63-. The molecule has 0 aromatic carbocycles. The van der Waals surface area contributed by atoms with Crippen LogP contribution in [0.5, 0.6) is 0 Å². The van der Waals surface area contributed by atoms with Gasteiger partial charge >= 0.3 is 39.5 Å². The first-order chi connectivity index (χ1) is 51.7. The van der Waals surface area contributed by atoms with Crippen molar-refractivity contribution in [1.82, 2.24) is 0 Å². The Hall–Kier alpha value is -5.58. The number of hydrogen-bond acceptors (Lipinski definition) is 15. The van der Waals surface area contributed by atoms with Gasteiger partial charge < -0.3 is 33.8 Å². The average Bonchev–Trinajstić information content (AvgIpc) is 0.901. The molecule has 3 N–H and O–H groups in total. The molecule has 5 unspecified atom stereocenters. The van der Waals surface area contributed by atoms with E-state index in [4.69, 9.17) is 37.0 Å². The number of aliphatic hydroxyl groups is 1. The van der Waals surface area contributed by atoms with Crippen molar-refractivity contribution in [3.63, 3.8) is 0 Å². The molecule has 0 rings (SSSR count). The molecule has 0 amide bonds. The third kappa shape index (κ3) is 76.6. The Morgan fingerprint density at radius 2 is 0.528 bits per heavy atom. The summed E-state index contributed by atoms with van der Waals surface area (Å²) in [6.07, 6.45) is 92.1. The number of hydrogen-bond donors (Lipinski definition) is 3. The summed E-state index contributed by atoms with van der Waals surface area (Å²) in [5.74, 6) is -2.37. The summed E-state index contributed by atoms with van der Waals surface area (Å²) in [7, 11) is -10.0. The van der Waals surface area contributed by atoms with Crippen molar-refractivity contribution in [3.05, 3.63) is 170 Å². The molecule has 602 valence electrons. The van der Waals surface area contributed by atoms with Crippen LogP contribution in [-0.4, -0.2) is 96.7 Å². The minimum absolute atomic E-state index is 0.0603. The van der Waals surface area contributed by atoms with Gasteiger partial charge in [-0.05, 0) is 154 Å². The van der Waals surface area contributed by atoms with Crippen molar-refractivity contribution in [2.24, 2.45) is 0 Å². The molecule has 0 heterocycles. The average molecular weight is 1520 g/mol. The largest absolute Gasteiger partial charge is 0.472 e. The molecular formula is C87H142O17P2. The highest BCUT2D eigenvalue weighted by Crippen LogP contribution is 2.45. The van der Waals surface area contributed by atoms with E-state index < -0.39 is 97.5 Å². The zero-order chi connectivity index (χ0) is 77.4. The van der Waals surface area contributed by atoms with Crippen molar-refractivity contribution in [2.75, 3.05) is 39.6 Å². The smallest absolute Gasteiger partial charge is 0.462 e. The summed E-state index contributed by atoms with van der Waals surface area (Å²) in [6.45, 7) is 4.36. The van der Waals surface area contributed by atoms with Gasteiger partial charge in [0, 0.05) is 19.3 Å². The lowest BCUT2D eigenvalue weighted by Gasteiger charge is -2.21. The molecule has 0 fully saturated rings. The molecule has 0 aromatic rings. The first-order valence-corrected chi connectivity index (χ1v) is 43.4. The van der Waals surface area contributed by atoms with E-state index in [0.29, 0.717) is 25.7 Å². The third-order valence-corrected chi connectivity index (χ3v) is 18.1. The maximum absolute atomic E-state index is 13.1. The normalized spacial score (nSPS) is 14.7. The molecule has 19 heteroatoms. The lowest BCUT2D eigenvalue weighted by Crippen LogP contribution is -2.30. The lowest BCUT2D eigenvalue weighted by molar-refractivity contribution is -0.161. The van der Waals surface area contributed by atoms with Gasteiger partial charge in [0.05, 0.1) is 32.8 Å². The van der Waals surface area contributed by atoms with Gasteiger partial charge in [-0.25, -0.2) is 9.13 Å². The lowest BCUT2D eigenvalue weighted by atomic mass is 10.1. The van der Waals surface area contributed by atoms with Crippen LogP contribution in [0.25, 0.3) is 0 Å². The monoisotopic (exact) mass is 1520 g/mol. The van der Waals surface area contributed by atoms with Crippen LogP contribution >= 0.6 is 15.6 Å². The highest BCUT2D eigenvalue weighted by molar-refractivity contribution is 7.47. The Kier molecular flexibility index (Phi) is 73.5. The Bertz CT molecular complexity index is 2680. The number of carbonyl (C=O) groups is 4. The van der Waals surface area contributed by atoms with Gasteiger partial charge in [0.2, 0.25) is 0 Å². The van der Waals surface area contributed by atoms with Crippen LogP contribution in [-0.2, 0) is 65.4 Å². The Balaban J connectivity index is 5.46. The molecule has 0 saturated heterocycles. The second-order valence-corrected chi connectivity index (χ2v) is 29.1. The van der Waals surface area contributed by atoms with E-state index in [1.54, 1.807) is 6.08 Å². The molecule has 5 atom stereocenters. The minimum Gasteiger partial charge on any atom is -0.462 e.